The second-order valence-electron chi connectivity index (χ2n) is 6.19. The average molecular weight is 306 g/mol. The molecule has 0 unspecified atom stereocenters. The van der Waals surface area contributed by atoms with Gasteiger partial charge in [-0.25, -0.2) is 4.79 Å². The third kappa shape index (κ3) is 4.73. The summed E-state index contributed by atoms with van der Waals surface area (Å²) in [5.41, 5.74) is 0.491. The molecule has 1 atom stereocenters. The van der Waals surface area contributed by atoms with E-state index in [1.165, 1.54) is 0 Å². The van der Waals surface area contributed by atoms with Crippen molar-refractivity contribution in [2.24, 2.45) is 0 Å². The van der Waals surface area contributed by atoms with Crippen LogP contribution in [-0.4, -0.2) is 42.4 Å². The fourth-order valence-electron chi connectivity index (χ4n) is 2.23. The number of rotatable bonds is 3. The Morgan fingerprint density at radius 3 is 2.68 bits per heavy atom. The maximum atomic E-state index is 11.7. The summed E-state index contributed by atoms with van der Waals surface area (Å²) in [5, 5.41) is 2.69. The number of carbonyl (C=O) groups is 2. The molecule has 22 heavy (non-hydrogen) atoms. The number of nitrogens with one attached hydrogen (secondary N) is 1. The number of alkyl carbamates (subject to hydrolysis) is 1. The molecule has 1 saturated heterocycles. The molecule has 0 aromatic heterocycles. The van der Waals surface area contributed by atoms with Crippen molar-refractivity contribution in [3.63, 3.8) is 0 Å². The number of hydrogen-bond acceptors (Lipinski definition) is 5. The summed E-state index contributed by atoms with van der Waals surface area (Å²) < 4.78 is 10.3. The van der Waals surface area contributed by atoms with Crippen molar-refractivity contribution in [1.29, 1.82) is 0 Å². The molecular formula is C16H22N2O4. The summed E-state index contributed by atoms with van der Waals surface area (Å²) in [6.07, 6.45) is -0.502. The lowest BCUT2D eigenvalue weighted by atomic mass is 10.1. The molecule has 0 bridgehead atoms. The Hall–Kier alpha value is -2.08. The predicted molar refractivity (Wildman–Crippen MR) is 81.1 cm³/mol. The van der Waals surface area contributed by atoms with Crippen molar-refractivity contribution < 1.29 is 19.1 Å². The highest BCUT2D eigenvalue weighted by Crippen LogP contribution is 2.23. The van der Waals surface area contributed by atoms with Crippen LogP contribution in [0, 0.1) is 0 Å². The van der Waals surface area contributed by atoms with Crippen LogP contribution in [0.5, 0.6) is 0 Å². The maximum Gasteiger partial charge on any atom is 0.408 e. The van der Waals surface area contributed by atoms with Crippen molar-refractivity contribution in [2.45, 2.75) is 32.4 Å². The van der Waals surface area contributed by atoms with E-state index in [4.69, 9.17) is 9.47 Å². The Morgan fingerprint density at radius 1 is 1.36 bits per heavy atom. The monoisotopic (exact) mass is 306 g/mol. The first-order valence-electron chi connectivity index (χ1n) is 7.26. The molecule has 1 aliphatic rings. The minimum absolute atomic E-state index is 0.0752. The minimum Gasteiger partial charge on any atom is -0.463 e. The van der Waals surface area contributed by atoms with Gasteiger partial charge in [0, 0.05) is 0 Å². The van der Waals surface area contributed by atoms with Crippen LogP contribution in [0.25, 0.3) is 0 Å². The van der Waals surface area contributed by atoms with Gasteiger partial charge in [0.1, 0.15) is 12.2 Å². The zero-order chi connectivity index (χ0) is 16.2. The number of ether oxygens (including phenoxy) is 2. The first-order valence-corrected chi connectivity index (χ1v) is 7.26. The number of hydrogen-bond donors (Lipinski definition) is 1. The lowest BCUT2D eigenvalue weighted by Crippen LogP contribution is -2.48. The maximum absolute atomic E-state index is 11.7. The largest absolute Gasteiger partial charge is 0.463 e. The highest BCUT2D eigenvalue weighted by atomic mass is 16.6. The highest BCUT2D eigenvalue weighted by Gasteiger charge is 2.29. The lowest BCUT2D eigenvalue weighted by Gasteiger charge is -2.34. The van der Waals surface area contributed by atoms with Gasteiger partial charge in [0.05, 0.1) is 19.3 Å². The molecule has 1 aliphatic heterocycles. The number of carbonyl (C=O) groups excluding carboxylic acids is 2. The molecule has 0 radical (unpaired) electrons. The summed E-state index contributed by atoms with van der Waals surface area (Å²) in [6.45, 7) is 6.05. The zero-order valence-electron chi connectivity index (χ0n) is 13.2. The van der Waals surface area contributed by atoms with E-state index in [1.54, 1.807) is 20.8 Å². The van der Waals surface area contributed by atoms with Gasteiger partial charge < -0.3 is 14.8 Å². The van der Waals surface area contributed by atoms with Gasteiger partial charge in [-0.05, 0) is 26.3 Å². The number of benzene rings is 1. The molecule has 0 aliphatic carbocycles. The minimum atomic E-state index is -0.552. The van der Waals surface area contributed by atoms with Crippen LogP contribution in [0.3, 0.4) is 0 Å². The number of cyclic esters (lactones) is 1. The fraction of sp³-hybridized carbons (Fsp3) is 0.500. The van der Waals surface area contributed by atoms with Crippen LogP contribution in [0.1, 0.15) is 32.4 Å². The van der Waals surface area contributed by atoms with Crippen molar-refractivity contribution in [3.8, 4) is 0 Å². The van der Waals surface area contributed by atoms with Gasteiger partial charge in [0.2, 0.25) is 0 Å². The van der Waals surface area contributed by atoms with Crippen molar-refractivity contribution in [3.05, 3.63) is 35.9 Å². The molecular weight excluding hydrogens is 284 g/mol. The number of esters is 1. The second kappa shape index (κ2) is 6.79. The van der Waals surface area contributed by atoms with E-state index in [-0.39, 0.29) is 31.8 Å². The molecule has 1 aromatic carbocycles. The van der Waals surface area contributed by atoms with Crippen molar-refractivity contribution in [1.82, 2.24) is 10.2 Å². The molecule has 1 fully saturated rings. The Kier molecular flexibility index (Phi) is 5.03. The Balaban J connectivity index is 1.99. The first-order chi connectivity index (χ1) is 10.3. The van der Waals surface area contributed by atoms with E-state index in [0.717, 1.165) is 5.56 Å². The van der Waals surface area contributed by atoms with Crippen LogP contribution >= 0.6 is 0 Å². The Bertz CT molecular complexity index is 525. The third-order valence-corrected chi connectivity index (χ3v) is 3.18. The smallest absolute Gasteiger partial charge is 0.408 e. The number of morpholine rings is 1. The Labute approximate surface area is 130 Å². The van der Waals surface area contributed by atoms with E-state index in [0.29, 0.717) is 0 Å². The zero-order valence-corrected chi connectivity index (χ0v) is 13.2. The average Bonchev–Trinajstić information content (AvgIpc) is 2.44. The molecule has 0 saturated carbocycles. The first kappa shape index (κ1) is 16.3. The quantitative estimate of drug-likeness (QED) is 0.866. The Morgan fingerprint density at radius 2 is 2.05 bits per heavy atom. The van der Waals surface area contributed by atoms with E-state index >= 15 is 0 Å². The van der Waals surface area contributed by atoms with E-state index < -0.39 is 11.7 Å². The third-order valence-electron chi connectivity index (χ3n) is 3.18. The van der Waals surface area contributed by atoms with Gasteiger partial charge in [-0.2, -0.15) is 0 Å². The van der Waals surface area contributed by atoms with Crippen LogP contribution < -0.4 is 5.32 Å². The summed E-state index contributed by atoms with van der Waals surface area (Å²) in [4.78, 5) is 25.1. The van der Waals surface area contributed by atoms with Crippen molar-refractivity contribution in [2.75, 3.05) is 19.8 Å². The molecule has 1 aromatic rings. The normalized spacial score (nSPS) is 19.4. The van der Waals surface area contributed by atoms with Crippen LogP contribution in [0.15, 0.2) is 30.3 Å². The van der Waals surface area contributed by atoms with E-state index in [1.807, 2.05) is 35.2 Å². The lowest BCUT2D eigenvalue weighted by molar-refractivity contribution is -0.155. The summed E-state index contributed by atoms with van der Waals surface area (Å²) in [5.74, 6) is -0.293. The summed E-state index contributed by atoms with van der Waals surface area (Å²) >= 11 is 0. The molecule has 2 rings (SSSR count). The molecule has 1 N–H and O–H groups in total. The van der Waals surface area contributed by atoms with Crippen LogP contribution in [-0.2, 0) is 14.3 Å². The van der Waals surface area contributed by atoms with Crippen molar-refractivity contribution >= 4 is 12.1 Å². The molecule has 6 nitrogen and oxygen atoms in total. The van der Waals surface area contributed by atoms with Gasteiger partial charge in [-0.15, -0.1) is 0 Å². The van der Waals surface area contributed by atoms with Crippen LogP contribution in [0.2, 0.25) is 0 Å². The van der Waals surface area contributed by atoms with E-state index in [2.05, 4.69) is 5.32 Å². The molecule has 1 amide bonds. The van der Waals surface area contributed by atoms with E-state index in [9.17, 15) is 9.59 Å². The van der Waals surface area contributed by atoms with Gasteiger partial charge in [0.15, 0.2) is 0 Å². The highest BCUT2D eigenvalue weighted by molar-refractivity contribution is 5.73. The van der Waals surface area contributed by atoms with Crippen LogP contribution in [0.4, 0.5) is 4.79 Å². The molecule has 0 spiro atoms. The molecule has 1 heterocycles. The summed E-state index contributed by atoms with van der Waals surface area (Å²) in [7, 11) is 0. The van der Waals surface area contributed by atoms with Gasteiger partial charge in [0.25, 0.3) is 0 Å². The summed E-state index contributed by atoms with van der Waals surface area (Å²) in [6, 6.07) is 9.68. The van der Waals surface area contributed by atoms with Gasteiger partial charge in [-0.3, -0.25) is 9.69 Å². The standard InChI is InChI=1S/C16H22N2O4/c1-16(2,3)22-15(20)17-11-18-9-14(19)21-10-13(18)12-7-5-4-6-8-12/h4-8,13H,9-11H2,1-3H3,(H,17,20)/t13-/m1/s1. The number of nitrogens with zero attached hydrogens (tertiary/aromatic N) is 1. The number of amides is 1. The second-order valence-corrected chi connectivity index (χ2v) is 6.19. The topological polar surface area (TPSA) is 67.9 Å². The van der Waals surface area contributed by atoms with Gasteiger partial charge >= 0.3 is 12.1 Å². The SMILES string of the molecule is CC(C)(C)OC(=O)NCN1CC(=O)OC[C@@H]1c1ccccc1. The predicted octanol–water partition coefficient (Wildman–Crippen LogP) is 2.07. The van der Waals surface area contributed by atoms with Gasteiger partial charge in [-0.1, -0.05) is 30.3 Å². The molecule has 6 heteroatoms. The molecule has 120 valence electrons. The fourth-order valence-corrected chi connectivity index (χ4v) is 2.23.